The first-order chi connectivity index (χ1) is 7.20. The van der Waals surface area contributed by atoms with E-state index in [1.165, 1.54) is 11.1 Å². The Balaban J connectivity index is 2.40. The van der Waals surface area contributed by atoms with Crippen molar-refractivity contribution < 1.29 is 4.42 Å². The molecule has 0 unspecified atom stereocenters. The number of hydrogen-bond donors (Lipinski definition) is 0. The van der Waals surface area contributed by atoms with E-state index in [9.17, 15) is 0 Å². The minimum absolute atomic E-state index is 0.718. The molecule has 15 heavy (non-hydrogen) atoms. The minimum Gasteiger partial charge on any atom is -0.441 e. The van der Waals surface area contributed by atoms with Crippen LogP contribution in [0.1, 0.15) is 23.8 Å². The molecule has 0 saturated heterocycles. The number of aryl methyl sites for hydroxylation is 3. The topological polar surface area (TPSA) is 26.0 Å². The molecule has 2 heteroatoms. The van der Waals surface area contributed by atoms with Gasteiger partial charge >= 0.3 is 0 Å². The van der Waals surface area contributed by atoms with Gasteiger partial charge in [-0.25, -0.2) is 4.98 Å². The number of nitrogens with zero attached hydrogens (tertiary/aromatic N) is 1. The van der Waals surface area contributed by atoms with Gasteiger partial charge in [0, 0.05) is 12.0 Å². The van der Waals surface area contributed by atoms with Crippen molar-refractivity contribution in [3.63, 3.8) is 0 Å². The maximum atomic E-state index is 5.60. The van der Waals surface area contributed by atoms with Crippen molar-refractivity contribution >= 4 is 0 Å². The highest BCUT2D eigenvalue weighted by Gasteiger charge is 2.06. The molecule has 78 valence electrons. The average molecular weight is 201 g/mol. The van der Waals surface area contributed by atoms with Crippen LogP contribution >= 0.6 is 0 Å². The Morgan fingerprint density at radius 2 is 2.00 bits per heavy atom. The quantitative estimate of drug-likeness (QED) is 0.743. The van der Waals surface area contributed by atoms with Crippen molar-refractivity contribution in [2.75, 3.05) is 0 Å². The summed E-state index contributed by atoms with van der Waals surface area (Å²) in [6, 6.07) is 6.26. The summed E-state index contributed by atoms with van der Waals surface area (Å²) in [5, 5.41) is 0. The van der Waals surface area contributed by atoms with Crippen LogP contribution in [0.5, 0.6) is 0 Å². The lowest BCUT2D eigenvalue weighted by Crippen LogP contribution is -1.83. The van der Waals surface area contributed by atoms with Crippen LogP contribution in [0.15, 0.2) is 28.8 Å². The van der Waals surface area contributed by atoms with Crippen molar-refractivity contribution in [3.05, 3.63) is 41.3 Å². The van der Waals surface area contributed by atoms with E-state index in [0.717, 1.165) is 23.6 Å². The van der Waals surface area contributed by atoms with Gasteiger partial charge in [-0.2, -0.15) is 0 Å². The number of benzene rings is 1. The van der Waals surface area contributed by atoms with E-state index in [0.29, 0.717) is 0 Å². The Bertz CT molecular complexity index is 471. The summed E-state index contributed by atoms with van der Waals surface area (Å²) in [4.78, 5) is 4.26. The lowest BCUT2D eigenvalue weighted by molar-refractivity contribution is 0.524. The molecule has 2 rings (SSSR count). The fraction of sp³-hybridized carbons (Fsp3) is 0.308. The summed E-state index contributed by atoms with van der Waals surface area (Å²) >= 11 is 0. The van der Waals surface area contributed by atoms with Gasteiger partial charge in [-0.1, -0.05) is 13.0 Å². The van der Waals surface area contributed by atoms with Crippen LogP contribution in [0.25, 0.3) is 11.5 Å². The lowest BCUT2D eigenvalue weighted by atomic mass is 10.1. The predicted molar refractivity (Wildman–Crippen MR) is 60.8 cm³/mol. The Labute approximate surface area is 90.0 Å². The van der Waals surface area contributed by atoms with Crippen LogP contribution in [0, 0.1) is 13.8 Å². The molecule has 1 aromatic carbocycles. The molecular formula is C13H15NO. The zero-order valence-electron chi connectivity index (χ0n) is 9.37. The highest BCUT2D eigenvalue weighted by Crippen LogP contribution is 2.21. The van der Waals surface area contributed by atoms with E-state index < -0.39 is 0 Å². The molecular weight excluding hydrogens is 186 g/mol. The van der Waals surface area contributed by atoms with Crippen LogP contribution in [0.2, 0.25) is 0 Å². The van der Waals surface area contributed by atoms with Gasteiger partial charge in [0.05, 0.1) is 6.20 Å². The molecule has 1 aromatic heterocycles. The van der Waals surface area contributed by atoms with E-state index in [1.807, 2.05) is 6.07 Å². The van der Waals surface area contributed by atoms with Crippen LogP contribution in [0.3, 0.4) is 0 Å². The van der Waals surface area contributed by atoms with Gasteiger partial charge in [0.1, 0.15) is 5.76 Å². The third kappa shape index (κ3) is 1.94. The molecule has 2 nitrogen and oxygen atoms in total. The second kappa shape index (κ2) is 3.89. The first kappa shape index (κ1) is 9.97. The Hall–Kier alpha value is -1.57. The molecule has 0 amide bonds. The van der Waals surface area contributed by atoms with E-state index >= 15 is 0 Å². The number of hydrogen-bond acceptors (Lipinski definition) is 2. The van der Waals surface area contributed by atoms with Crippen molar-refractivity contribution in [1.29, 1.82) is 0 Å². The molecule has 0 fully saturated rings. The zero-order chi connectivity index (χ0) is 10.8. The van der Waals surface area contributed by atoms with Gasteiger partial charge in [-0.3, -0.25) is 0 Å². The highest BCUT2D eigenvalue weighted by atomic mass is 16.4. The number of rotatable bonds is 2. The third-order valence-electron chi connectivity index (χ3n) is 2.66. The Morgan fingerprint density at radius 1 is 1.20 bits per heavy atom. The molecule has 0 aliphatic heterocycles. The molecule has 1 heterocycles. The SMILES string of the molecule is CCc1cnc(-c2ccc(C)c(C)c2)o1. The average Bonchev–Trinajstić information content (AvgIpc) is 2.70. The summed E-state index contributed by atoms with van der Waals surface area (Å²) in [5.74, 6) is 1.65. The molecule has 0 bridgehead atoms. The maximum absolute atomic E-state index is 5.60. The monoisotopic (exact) mass is 201 g/mol. The Morgan fingerprint density at radius 3 is 2.60 bits per heavy atom. The van der Waals surface area contributed by atoms with Crippen molar-refractivity contribution in [3.8, 4) is 11.5 Å². The summed E-state index contributed by atoms with van der Waals surface area (Å²) in [5.41, 5.74) is 3.61. The smallest absolute Gasteiger partial charge is 0.226 e. The van der Waals surface area contributed by atoms with Crippen LogP contribution < -0.4 is 0 Å². The largest absolute Gasteiger partial charge is 0.441 e. The fourth-order valence-electron chi connectivity index (χ4n) is 1.48. The molecule has 0 aliphatic carbocycles. The van der Waals surface area contributed by atoms with E-state index in [2.05, 4.69) is 37.9 Å². The second-order valence-corrected chi connectivity index (χ2v) is 3.78. The summed E-state index contributed by atoms with van der Waals surface area (Å²) in [6.45, 7) is 6.26. The van der Waals surface area contributed by atoms with Crippen LogP contribution in [0.4, 0.5) is 0 Å². The first-order valence-corrected chi connectivity index (χ1v) is 5.23. The summed E-state index contributed by atoms with van der Waals surface area (Å²) in [7, 11) is 0. The van der Waals surface area contributed by atoms with Crippen molar-refractivity contribution in [2.24, 2.45) is 0 Å². The van der Waals surface area contributed by atoms with Gasteiger partial charge in [0.25, 0.3) is 0 Å². The normalized spacial score (nSPS) is 10.6. The van der Waals surface area contributed by atoms with Crippen LogP contribution in [-0.2, 0) is 6.42 Å². The number of oxazole rings is 1. The standard InChI is InChI=1S/C13H15NO/c1-4-12-8-14-13(15-12)11-6-5-9(2)10(3)7-11/h5-8H,4H2,1-3H3. The van der Waals surface area contributed by atoms with Crippen molar-refractivity contribution in [1.82, 2.24) is 4.98 Å². The summed E-state index contributed by atoms with van der Waals surface area (Å²) < 4.78 is 5.60. The molecule has 0 atom stereocenters. The molecule has 0 N–H and O–H groups in total. The lowest BCUT2D eigenvalue weighted by Gasteiger charge is -2.01. The third-order valence-corrected chi connectivity index (χ3v) is 2.66. The van der Waals surface area contributed by atoms with Gasteiger partial charge in [-0.05, 0) is 37.1 Å². The first-order valence-electron chi connectivity index (χ1n) is 5.23. The van der Waals surface area contributed by atoms with E-state index in [1.54, 1.807) is 6.20 Å². The fourth-order valence-corrected chi connectivity index (χ4v) is 1.48. The zero-order valence-corrected chi connectivity index (χ0v) is 9.37. The predicted octanol–water partition coefficient (Wildman–Crippen LogP) is 3.52. The second-order valence-electron chi connectivity index (χ2n) is 3.78. The molecule has 0 saturated carbocycles. The highest BCUT2D eigenvalue weighted by molar-refractivity contribution is 5.55. The van der Waals surface area contributed by atoms with E-state index in [-0.39, 0.29) is 0 Å². The summed E-state index contributed by atoms with van der Waals surface area (Å²) in [6.07, 6.45) is 2.68. The van der Waals surface area contributed by atoms with Gasteiger partial charge < -0.3 is 4.42 Å². The molecule has 0 radical (unpaired) electrons. The van der Waals surface area contributed by atoms with Gasteiger partial charge in [-0.15, -0.1) is 0 Å². The Kier molecular flexibility index (Phi) is 2.58. The van der Waals surface area contributed by atoms with Crippen molar-refractivity contribution in [2.45, 2.75) is 27.2 Å². The van der Waals surface area contributed by atoms with E-state index in [4.69, 9.17) is 4.42 Å². The van der Waals surface area contributed by atoms with Crippen LogP contribution in [-0.4, -0.2) is 4.98 Å². The maximum Gasteiger partial charge on any atom is 0.226 e. The minimum atomic E-state index is 0.718. The molecule has 0 aliphatic rings. The number of aromatic nitrogens is 1. The van der Waals surface area contributed by atoms with Gasteiger partial charge in [0.2, 0.25) is 5.89 Å². The van der Waals surface area contributed by atoms with Gasteiger partial charge in [0.15, 0.2) is 0 Å². The molecule has 2 aromatic rings. The molecule has 0 spiro atoms.